The van der Waals surface area contributed by atoms with Gasteiger partial charge in [-0.1, -0.05) is 38.8 Å². The molecule has 4 atom stereocenters. The first-order chi connectivity index (χ1) is 10.1. The van der Waals surface area contributed by atoms with Gasteiger partial charge in [0.25, 0.3) is 0 Å². The Balaban J connectivity index is 2.24. The minimum atomic E-state index is -0.543. The lowest BCUT2D eigenvalue weighted by atomic mass is 9.45. The van der Waals surface area contributed by atoms with E-state index < -0.39 is 5.60 Å². The van der Waals surface area contributed by atoms with Crippen LogP contribution in [0, 0.1) is 22.7 Å². The van der Waals surface area contributed by atoms with E-state index in [4.69, 9.17) is 5.11 Å². The molecule has 0 spiro atoms. The zero-order valence-corrected chi connectivity index (χ0v) is 15.3. The van der Waals surface area contributed by atoms with E-state index in [9.17, 15) is 5.11 Å². The van der Waals surface area contributed by atoms with Crippen LogP contribution in [0.2, 0.25) is 0 Å². The number of hydrogen-bond acceptors (Lipinski definition) is 2. The molecule has 128 valence electrons. The Morgan fingerprint density at radius 1 is 1.14 bits per heavy atom. The Morgan fingerprint density at radius 3 is 2.45 bits per heavy atom. The second-order valence-corrected chi connectivity index (χ2v) is 9.12. The molecule has 2 N–H and O–H groups in total. The SMILES string of the molecule is C/C(=C/CO)CC[C@@H]1[C@]2(C)CCCC(C)(C)[C@H]2CC[C@]1(C)O. The van der Waals surface area contributed by atoms with E-state index in [0.29, 0.717) is 11.3 Å². The third kappa shape index (κ3) is 3.28. The lowest BCUT2D eigenvalue weighted by molar-refractivity contribution is -0.168. The molecule has 2 heteroatoms. The van der Waals surface area contributed by atoms with Gasteiger partial charge in [-0.25, -0.2) is 0 Å². The molecule has 2 rings (SSSR count). The number of rotatable bonds is 4. The second-order valence-electron chi connectivity index (χ2n) is 9.12. The van der Waals surface area contributed by atoms with Crippen molar-refractivity contribution in [2.24, 2.45) is 22.7 Å². The molecule has 2 fully saturated rings. The minimum absolute atomic E-state index is 0.125. The van der Waals surface area contributed by atoms with Gasteiger partial charge in [0, 0.05) is 0 Å². The average molecular weight is 309 g/mol. The first-order valence-electron chi connectivity index (χ1n) is 9.12. The van der Waals surface area contributed by atoms with Crippen LogP contribution in [0.5, 0.6) is 0 Å². The second kappa shape index (κ2) is 6.28. The molecule has 0 aromatic heterocycles. The molecule has 0 heterocycles. The maximum Gasteiger partial charge on any atom is 0.0653 e. The third-order valence-electron chi connectivity index (χ3n) is 7.03. The van der Waals surface area contributed by atoms with Crippen LogP contribution in [0.3, 0.4) is 0 Å². The molecule has 0 aromatic rings. The zero-order chi connectivity index (χ0) is 16.6. The van der Waals surface area contributed by atoms with Crippen molar-refractivity contribution in [2.75, 3.05) is 6.61 Å². The molecule has 0 radical (unpaired) electrons. The first kappa shape index (κ1) is 18.0. The van der Waals surface area contributed by atoms with Crippen molar-refractivity contribution >= 4 is 0 Å². The summed E-state index contributed by atoms with van der Waals surface area (Å²) < 4.78 is 0. The van der Waals surface area contributed by atoms with Crippen LogP contribution in [0.15, 0.2) is 11.6 Å². The quantitative estimate of drug-likeness (QED) is 0.739. The van der Waals surface area contributed by atoms with Gasteiger partial charge >= 0.3 is 0 Å². The van der Waals surface area contributed by atoms with E-state index in [1.54, 1.807) is 0 Å². The molecule has 0 amide bonds. The summed E-state index contributed by atoms with van der Waals surface area (Å²) in [6.07, 6.45) is 9.90. The van der Waals surface area contributed by atoms with E-state index in [0.717, 1.165) is 25.2 Å². The number of hydrogen-bond donors (Lipinski definition) is 2. The van der Waals surface area contributed by atoms with Crippen molar-refractivity contribution < 1.29 is 10.2 Å². The van der Waals surface area contributed by atoms with Gasteiger partial charge in [0.1, 0.15) is 0 Å². The van der Waals surface area contributed by atoms with Crippen LogP contribution in [0.25, 0.3) is 0 Å². The Bertz CT molecular complexity index is 421. The molecule has 0 aliphatic heterocycles. The molecule has 2 nitrogen and oxygen atoms in total. The van der Waals surface area contributed by atoms with Crippen molar-refractivity contribution in [3.05, 3.63) is 11.6 Å². The normalized spacial score (nSPS) is 42.0. The Morgan fingerprint density at radius 2 is 1.82 bits per heavy atom. The molecule has 2 aliphatic rings. The fourth-order valence-electron chi connectivity index (χ4n) is 5.90. The van der Waals surface area contributed by atoms with Gasteiger partial charge in [-0.05, 0) is 75.0 Å². The largest absolute Gasteiger partial charge is 0.392 e. The summed E-state index contributed by atoms with van der Waals surface area (Å²) in [5.41, 5.74) is 1.36. The van der Waals surface area contributed by atoms with Crippen LogP contribution in [0.1, 0.15) is 79.6 Å². The van der Waals surface area contributed by atoms with Crippen LogP contribution < -0.4 is 0 Å². The highest BCUT2D eigenvalue weighted by Gasteiger charge is 2.57. The maximum atomic E-state index is 11.1. The van der Waals surface area contributed by atoms with E-state index in [1.165, 1.54) is 31.3 Å². The number of aliphatic hydroxyl groups is 2. The Hall–Kier alpha value is -0.340. The van der Waals surface area contributed by atoms with E-state index in [-0.39, 0.29) is 12.0 Å². The molecule has 0 bridgehead atoms. The smallest absolute Gasteiger partial charge is 0.0653 e. The topological polar surface area (TPSA) is 40.5 Å². The van der Waals surface area contributed by atoms with Gasteiger partial charge in [0.05, 0.1) is 12.2 Å². The van der Waals surface area contributed by atoms with Crippen molar-refractivity contribution in [1.29, 1.82) is 0 Å². The molecular weight excluding hydrogens is 272 g/mol. The highest BCUT2D eigenvalue weighted by Crippen LogP contribution is 2.62. The van der Waals surface area contributed by atoms with E-state index >= 15 is 0 Å². The monoisotopic (exact) mass is 308 g/mol. The van der Waals surface area contributed by atoms with E-state index in [1.807, 2.05) is 6.08 Å². The van der Waals surface area contributed by atoms with Gasteiger partial charge in [0.2, 0.25) is 0 Å². The molecule has 0 saturated heterocycles. The van der Waals surface area contributed by atoms with Crippen molar-refractivity contribution in [3.8, 4) is 0 Å². The summed E-state index contributed by atoms with van der Waals surface area (Å²) in [5, 5.41) is 20.1. The lowest BCUT2D eigenvalue weighted by Crippen LogP contribution is -2.57. The summed E-state index contributed by atoms with van der Waals surface area (Å²) in [4.78, 5) is 0. The van der Waals surface area contributed by atoms with Gasteiger partial charge < -0.3 is 10.2 Å². The molecule has 0 unspecified atom stereocenters. The fourth-order valence-corrected chi connectivity index (χ4v) is 5.90. The molecular formula is C20H36O2. The Labute approximate surface area is 137 Å². The highest BCUT2D eigenvalue weighted by atomic mass is 16.3. The number of aliphatic hydroxyl groups excluding tert-OH is 1. The maximum absolute atomic E-state index is 11.1. The van der Waals surface area contributed by atoms with Gasteiger partial charge in [0.15, 0.2) is 0 Å². The zero-order valence-electron chi connectivity index (χ0n) is 15.3. The summed E-state index contributed by atoms with van der Waals surface area (Å²) in [6.45, 7) is 11.6. The van der Waals surface area contributed by atoms with Crippen LogP contribution in [-0.2, 0) is 0 Å². The number of fused-ring (bicyclic) bond motifs is 1. The predicted molar refractivity (Wildman–Crippen MR) is 92.7 cm³/mol. The lowest BCUT2D eigenvalue weighted by Gasteiger charge is -2.61. The van der Waals surface area contributed by atoms with Crippen molar-refractivity contribution in [1.82, 2.24) is 0 Å². The van der Waals surface area contributed by atoms with Gasteiger partial charge in [-0.15, -0.1) is 0 Å². The summed E-state index contributed by atoms with van der Waals surface area (Å²) >= 11 is 0. The molecule has 0 aromatic carbocycles. The molecule has 2 saturated carbocycles. The molecule has 2 aliphatic carbocycles. The predicted octanol–water partition coefficient (Wildman–Crippen LogP) is 4.70. The third-order valence-corrected chi connectivity index (χ3v) is 7.03. The van der Waals surface area contributed by atoms with E-state index in [2.05, 4.69) is 34.6 Å². The fraction of sp³-hybridized carbons (Fsp3) is 0.900. The number of allylic oxidation sites excluding steroid dienone is 1. The summed E-state index contributed by atoms with van der Waals surface area (Å²) in [5.74, 6) is 1.08. The van der Waals surface area contributed by atoms with Crippen LogP contribution in [-0.4, -0.2) is 22.4 Å². The van der Waals surface area contributed by atoms with Gasteiger partial charge in [-0.2, -0.15) is 0 Å². The van der Waals surface area contributed by atoms with Crippen LogP contribution in [0.4, 0.5) is 0 Å². The standard InChI is InChI=1S/C20H36O2/c1-15(10-14-21)7-8-17-19(4)12-6-11-18(2,3)16(19)9-13-20(17,5)22/h10,16-17,21-22H,6-9,11-14H2,1-5H3/b15-10-/t16-,17-,19-,20+/m1/s1. The Kier molecular flexibility index (Phi) is 5.14. The molecule has 22 heavy (non-hydrogen) atoms. The summed E-state index contributed by atoms with van der Waals surface area (Å²) in [7, 11) is 0. The summed E-state index contributed by atoms with van der Waals surface area (Å²) in [6, 6.07) is 0. The van der Waals surface area contributed by atoms with Crippen LogP contribution >= 0.6 is 0 Å². The average Bonchev–Trinajstić information content (AvgIpc) is 2.36. The van der Waals surface area contributed by atoms with Gasteiger partial charge in [-0.3, -0.25) is 0 Å². The van der Waals surface area contributed by atoms with Crippen molar-refractivity contribution in [2.45, 2.75) is 85.2 Å². The van der Waals surface area contributed by atoms with Crippen molar-refractivity contribution in [3.63, 3.8) is 0 Å². The minimum Gasteiger partial charge on any atom is -0.392 e. The first-order valence-corrected chi connectivity index (χ1v) is 9.12. The highest BCUT2D eigenvalue weighted by molar-refractivity contribution is 5.09.